The zero-order chi connectivity index (χ0) is 24.8. The largest absolute Gasteiger partial charge is 0.370 e. The average Bonchev–Trinajstić information content (AvgIpc) is 3.59. The number of hydrogen-bond acceptors (Lipinski definition) is 3. The third-order valence-corrected chi connectivity index (χ3v) is 7.90. The van der Waals surface area contributed by atoms with Crippen LogP contribution in [0.25, 0.3) is 0 Å². The van der Waals surface area contributed by atoms with Crippen LogP contribution in [0.3, 0.4) is 0 Å². The van der Waals surface area contributed by atoms with E-state index in [1.54, 1.807) is 0 Å². The fourth-order valence-electron chi connectivity index (χ4n) is 5.46. The summed E-state index contributed by atoms with van der Waals surface area (Å²) < 4.78 is 5.67. The number of epoxide rings is 1. The predicted molar refractivity (Wildman–Crippen MR) is 148 cm³/mol. The maximum Gasteiger partial charge on any atom is 0.132 e. The molecule has 2 aliphatic carbocycles. The third-order valence-electron chi connectivity index (χ3n) is 7.90. The number of ketones is 2. The molecule has 0 radical (unpaired) electrons. The number of fused-ring (bicyclic) bond motifs is 1. The number of Topliss-reactive ketones (excluding diaryl/α,β-unsaturated/α-hetero) is 2. The Morgan fingerprint density at radius 2 is 0.800 bits per heavy atom. The molecule has 1 saturated carbocycles. The molecule has 2 unspecified atom stereocenters. The molecular weight excluding hydrogens is 432 g/mol. The summed E-state index contributed by atoms with van der Waals surface area (Å²) in [6.45, 7) is 0. The first kappa shape index (κ1) is 30.3. The molecule has 1 heterocycles. The number of ether oxygens (including phenoxy) is 1. The van der Waals surface area contributed by atoms with Crippen molar-refractivity contribution in [3.05, 3.63) is 12.2 Å². The second kappa shape index (κ2) is 21.2. The number of carbonyl (C=O) groups is 2. The molecule has 1 aliphatic heterocycles. The Bertz CT molecular complexity index is 567. The Morgan fingerprint density at radius 3 is 1.37 bits per heavy atom. The van der Waals surface area contributed by atoms with Crippen LogP contribution in [0.15, 0.2) is 12.2 Å². The second-order valence-corrected chi connectivity index (χ2v) is 11.3. The van der Waals surface area contributed by atoms with Crippen molar-refractivity contribution < 1.29 is 14.3 Å². The van der Waals surface area contributed by atoms with Crippen LogP contribution in [-0.4, -0.2) is 23.8 Å². The van der Waals surface area contributed by atoms with Crippen LogP contribution in [0.2, 0.25) is 0 Å². The van der Waals surface area contributed by atoms with Gasteiger partial charge in [-0.05, 0) is 57.8 Å². The van der Waals surface area contributed by atoms with Gasteiger partial charge in [-0.25, -0.2) is 0 Å². The SMILES string of the molecule is O=C1CCC/C=C/CCCCCCCCCC1.O=C1CCCCCCCCCCC2OC2CCC1. The number of rotatable bonds is 0. The Kier molecular flexibility index (Phi) is 18.3. The van der Waals surface area contributed by atoms with E-state index in [-0.39, 0.29) is 0 Å². The molecule has 1 saturated heterocycles. The molecule has 2 atom stereocenters. The molecule has 0 amide bonds. The van der Waals surface area contributed by atoms with E-state index in [1.807, 2.05) is 0 Å². The molecule has 0 N–H and O–H groups in total. The van der Waals surface area contributed by atoms with Crippen LogP contribution in [0.5, 0.6) is 0 Å². The minimum absolute atomic E-state index is 0.472. The van der Waals surface area contributed by atoms with Gasteiger partial charge < -0.3 is 4.74 Å². The predicted octanol–water partition coefficient (Wildman–Crippen LogP) is 9.60. The molecule has 35 heavy (non-hydrogen) atoms. The van der Waals surface area contributed by atoms with Crippen molar-refractivity contribution in [2.75, 3.05) is 0 Å². The fraction of sp³-hybridized carbons (Fsp3) is 0.875. The van der Waals surface area contributed by atoms with Gasteiger partial charge in [-0.1, -0.05) is 95.6 Å². The van der Waals surface area contributed by atoms with Gasteiger partial charge in [0.25, 0.3) is 0 Å². The summed E-state index contributed by atoms with van der Waals surface area (Å²) in [5.41, 5.74) is 0. The number of allylic oxidation sites excluding steroid dienone is 2. The highest BCUT2D eigenvalue weighted by Gasteiger charge is 2.37. The van der Waals surface area contributed by atoms with Crippen molar-refractivity contribution in [2.45, 2.75) is 179 Å². The van der Waals surface area contributed by atoms with Crippen LogP contribution in [-0.2, 0) is 14.3 Å². The Labute approximate surface area is 217 Å². The van der Waals surface area contributed by atoms with E-state index < -0.39 is 0 Å². The summed E-state index contributed by atoms with van der Waals surface area (Å²) in [4.78, 5) is 23.2. The third kappa shape index (κ3) is 18.0. The van der Waals surface area contributed by atoms with E-state index in [2.05, 4.69) is 12.2 Å². The minimum Gasteiger partial charge on any atom is -0.370 e. The van der Waals surface area contributed by atoms with E-state index in [0.717, 1.165) is 64.2 Å². The molecule has 0 aromatic carbocycles. The summed E-state index contributed by atoms with van der Waals surface area (Å²) in [5, 5.41) is 0. The lowest BCUT2D eigenvalue weighted by molar-refractivity contribution is -0.120. The van der Waals surface area contributed by atoms with Gasteiger partial charge in [0, 0.05) is 25.7 Å². The van der Waals surface area contributed by atoms with Gasteiger partial charge in [-0.15, -0.1) is 0 Å². The van der Waals surface area contributed by atoms with Crippen molar-refractivity contribution in [3.8, 4) is 0 Å². The number of hydrogen-bond donors (Lipinski definition) is 0. The molecule has 3 aliphatic rings. The quantitative estimate of drug-likeness (QED) is 0.252. The molecule has 202 valence electrons. The fourth-order valence-corrected chi connectivity index (χ4v) is 5.46. The first-order valence-electron chi connectivity index (χ1n) is 15.6. The molecule has 0 bridgehead atoms. The minimum atomic E-state index is 0.472. The van der Waals surface area contributed by atoms with Crippen molar-refractivity contribution >= 4 is 11.6 Å². The van der Waals surface area contributed by atoms with E-state index in [9.17, 15) is 9.59 Å². The Hall–Kier alpha value is -0.960. The Morgan fingerprint density at radius 1 is 0.429 bits per heavy atom. The summed E-state index contributed by atoms with van der Waals surface area (Å²) in [6, 6.07) is 0. The first-order valence-corrected chi connectivity index (χ1v) is 15.6. The van der Waals surface area contributed by atoms with Crippen molar-refractivity contribution in [1.82, 2.24) is 0 Å². The maximum absolute atomic E-state index is 11.7. The molecule has 3 rings (SSSR count). The molecule has 0 aromatic heterocycles. The van der Waals surface area contributed by atoms with E-state index in [0.29, 0.717) is 23.8 Å². The molecule has 3 nitrogen and oxygen atoms in total. The van der Waals surface area contributed by atoms with E-state index >= 15 is 0 Å². The van der Waals surface area contributed by atoms with Gasteiger partial charge in [0.15, 0.2) is 0 Å². The van der Waals surface area contributed by atoms with Crippen molar-refractivity contribution in [1.29, 1.82) is 0 Å². The highest BCUT2D eigenvalue weighted by atomic mass is 16.6. The van der Waals surface area contributed by atoms with Crippen LogP contribution in [0.4, 0.5) is 0 Å². The standard InChI is InChI=1S/C16H28O2.C16H28O/c17-14-10-7-5-3-1-2-4-6-8-12-15-16(18-15)13-9-11-14;17-16-14-12-10-8-6-4-2-1-3-5-7-9-11-13-15-16/h15-16H,1-13H2;6,8H,1-5,7,9-15H2/b;8-6+. The zero-order valence-corrected chi connectivity index (χ0v) is 22.9. The van der Waals surface area contributed by atoms with Crippen molar-refractivity contribution in [2.24, 2.45) is 0 Å². The van der Waals surface area contributed by atoms with Crippen LogP contribution in [0, 0.1) is 0 Å². The topological polar surface area (TPSA) is 46.7 Å². The average molecular weight is 489 g/mol. The van der Waals surface area contributed by atoms with E-state index in [4.69, 9.17) is 4.74 Å². The number of carbonyl (C=O) groups excluding carboxylic acids is 2. The lowest BCUT2D eigenvalue weighted by Crippen LogP contribution is -2.01. The van der Waals surface area contributed by atoms with E-state index in [1.165, 1.54) is 103 Å². The summed E-state index contributed by atoms with van der Waals surface area (Å²) in [6.07, 6.45) is 36.7. The molecular formula is C32H56O3. The smallest absolute Gasteiger partial charge is 0.132 e. The van der Waals surface area contributed by atoms with Crippen molar-refractivity contribution in [3.63, 3.8) is 0 Å². The lowest BCUT2D eigenvalue weighted by Gasteiger charge is -2.03. The molecule has 0 aromatic rings. The van der Waals surface area contributed by atoms with Crippen LogP contribution in [0.1, 0.15) is 167 Å². The molecule has 0 spiro atoms. The van der Waals surface area contributed by atoms with Gasteiger partial charge in [0.1, 0.15) is 11.6 Å². The zero-order valence-electron chi connectivity index (χ0n) is 22.9. The van der Waals surface area contributed by atoms with Gasteiger partial charge in [0.05, 0.1) is 12.2 Å². The summed E-state index contributed by atoms with van der Waals surface area (Å²) in [7, 11) is 0. The highest BCUT2D eigenvalue weighted by Crippen LogP contribution is 2.31. The monoisotopic (exact) mass is 488 g/mol. The van der Waals surface area contributed by atoms with Crippen LogP contribution < -0.4 is 0 Å². The Balaban J connectivity index is 0.000000247. The van der Waals surface area contributed by atoms with Gasteiger partial charge in [0.2, 0.25) is 0 Å². The van der Waals surface area contributed by atoms with Gasteiger partial charge in [-0.2, -0.15) is 0 Å². The molecule has 2 fully saturated rings. The summed E-state index contributed by atoms with van der Waals surface area (Å²) >= 11 is 0. The van der Waals surface area contributed by atoms with Gasteiger partial charge in [-0.3, -0.25) is 9.59 Å². The normalized spacial score (nSPS) is 28.7. The second-order valence-electron chi connectivity index (χ2n) is 11.3. The molecule has 3 heteroatoms. The highest BCUT2D eigenvalue weighted by molar-refractivity contribution is 5.78. The van der Waals surface area contributed by atoms with Gasteiger partial charge >= 0.3 is 0 Å². The maximum atomic E-state index is 11.7. The summed E-state index contributed by atoms with van der Waals surface area (Å²) in [5.74, 6) is 0.949. The van der Waals surface area contributed by atoms with Crippen LogP contribution >= 0.6 is 0 Å². The lowest BCUT2D eigenvalue weighted by atomic mass is 10.0. The first-order chi connectivity index (χ1) is 17.3.